The summed E-state index contributed by atoms with van der Waals surface area (Å²) in [5.41, 5.74) is 0.514. The summed E-state index contributed by atoms with van der Waals surface area (Å²) in [6.07, 6.45) is 3.82. The Morgan fingerprint density at radius 3 is 2.57 bits per heavy atom. The van der Waals surface area contributed by atoms with E-state index in [2.05, 4.69) is 4.90 Å². The zero-order chi connectivity index (χ0) is 16.2. The fourth-order valence-electron chi connectivity index (χ4n) is 3.81. The molecule has 126 valence electrons. The zero-order valence-corrected chi connectivity index (χ0v) is 13.5. The van der Waals surface area contributed by atoms with E-state index in [9.17, 15) is 15.0 Å². The maximum atomic E-state index is 12.6. The average molecular weight is 318 g/mol. The number of benzene rings is 1. The number of hydrogen-bond acceptors (Lipinski definition) is 4. The van der Waals surface area contributed by atoms with Crippen LogP contribution in [0.2, 0.25) is 0 Å². The molecule has 2 saturated heterocycles. The van der Waals surface area contributed by atoms with Crippen LogP contribution >= 0.6 is 0 Å². The van der Waals surface area contributed by atoms with Crippen molar-refractivity contribution in [3.05, 3.63) is 29.8 Å². The Balaban J connectivity index is 1.64. The first-order valence-electron chi connectivity index (χ1n) is 8.59. The summed E-state index contributed by atoms with van der Waals surface area (Å²) in [7, 11) is 0. The standard InChI is InChI=1S/C18H26N2O3/c21-13-16-12-20(18(23)14-5-4-6-17(22)9-14)11-15(16)10-19-7-2-1-3-8-19/h4-6,9,15-16,21-22H,1-3,7-8,10-13H2/t15-,16-/m1/s1. The Kier molecular flexibility index (Phi) is 5.18. The van der Waals surface area contributed by atoms with E-state index in [0.29, 0.717) is 24.6 Å². The topological polar surface area (TPSA) is 64.0 Å². The summed E-state index contributed by atoms with van der Waals surface area (Å²) in [6.45, 7) is 4.65. The molecule has 0 bridgehead atoms. The molecule has 0 saturated carbocycles. The van der Waals surface area contributed by atoms with Crippen molar-refractivity contribution in [1.82, 2.24) is 9.80 Å². The SMILES string of the molecule is O=C(c1cccc(O)c1)N1C[C@@H](CN2CCCCC2)[C@@H](CO)C1. The normalized spacial score (nSPS) is 25.7. The monoisotopic (exact) mass is 318 g/mol. The van der Waals surface area contributed by atoms with Gasteiger partial charge >= 0.3 is 0 Å². The molecule has 0 radical (unpaired) electrons. The van der Waals surface area contributed by atoms with Crippen molar-refractivity contribution in [3.8, 4) is 5.75 Å². The Morgan fingerprint density at radius 1 is 1.13 bits per heavy atom. The highest BCUT2D eigenvalue weighted by Crippen LogP contribution is 2.27. The number of likely N-dealkylation sites (tertiary alicyclic amines) is 2. The highest BCUT2D eigenvalue weighted by Gasteiger charge is 2.36. The highest BCUT2D eigenvalue weighted by molar-refractivity contribution is 5.94. The molecule has 1 aromatic carbocycles. The fraction of sp³-hybridized carbons (Fsp3) is 0.611. The molecule has 0 aliphatic carbocycles. The van der Waals surface area contributed by atoms with Gasteiger partial charge in [-0.1, -0.05) is 12.5 Å². The number of hydrogen-bond donors (Lipinski definition) is 2. The molecular formula is C18H26N2O3. The molecule has 2 aliphatic heterocycles. The Morgan fingerprint density at radius 2 is 1.87 bits per heavy atom. The minimum Gasteiger partial charge on any atom is -0.508 e. The molecule has 3 rings (SSSR count). The molecule has 2 fully saturated rings. The van der Waals surface area contributed by atoms with Gasteiger partial charge in [-0.05, 0) is 50.0 Å². The fourth-order valence-corrected chi connectivity index (χ4v) is 3.81. The number of carbonyl (C=O) groups is 1. The van der Waals surface area contributed by atoms with E-state index >= 15 is 0 Å². The number of rotatable bonds is 4. The van der Waals surface area contributed by atoms with Gasteiger partial charge in [-0.15, -0.1) is 0 Å². The van der Waals surface area contributed by atoms with Crippen molar-refractivity contribution in [2.45, 2.75) is 19.3 Å². The lowest BCUT2D eigenvalue weighted by atomic mass is 9.95. The Hall–Kier alpha value is -1.59. The third-order valence-electron chi connectivity index (χ3n) is 5.13. The van der Waals surface area contributed by atoms with E-state index in [1.165, 1.54) is 25.3 Å². The van der Waals surface area contributed by atoms with Crippen LogP contribution in [-0.2, 0) is 0 Å². The quantitative estimate of drug-likeness (QED) is 0.884. The van der Waals surface area contributed by atoms with Gasteiger partial charge in [0.15, 0.2) is 0 Å². The Labute approximate surface area is 137 Å². The molecule has 5 nitrogen and oxygen atoms in total. The summed E-state index contributed by atoms with van der Waals surface area (Å²) in [6, 6.07) is 6.49. The van der Waals surface area contributed by atoms with Gasteiger partial charge < -0.3 is 20.0 Å². The van der Waals surface area contributed by atoms with E-state index in [1.807, 2.05) is 4.90 Å². The first-order chi connectivity index (χ1) is 11.2. The molecule has 2 N–H and O–H groups in total. The van der Waals surface area contributed by atoms with Gasteiger partial charge in [0.1, 0.15) is 5.75 Å². The number of piperidine rings is 1. The first-order valence-corrected chi connectivity index (χ1v) is 8.59. The smallest absolute Gasteiger partial charge is 0.254 e. The number of carbonyl (C=O) groups excluding carboxylic acids is 1. The van der Waals surface area contributed by atoms with Crippen molar-refractivity contribution >= 4 is 5.91 Å². The summed E-state index contributed by atoms with van der Waals surface area (Å²) in [4.78, 5) is 16.9. The van der Waals surface area contributed by atoms with Crippen LogP contribution in [0.3, 0.4) is 0 Å². The van der Waals surface area contributed by atoms with E-state index in [0.717, 1.165) is 19.6 Å². The van der Waals surface area contributed by atoms with Gasteiger partial charge in [0, 0.05) is 37.7 Å². The predicted octanol–water partition coefficient (Wildman–Crippen LogP) is 1.56. The number of aromatic hydroxyl groups is 1. The van der Waals surface area contributed by atoms with Crippen molar-refractivity contribution < 1.29 is 15.0 Å². The van der Waals surface area contributed by atoms with Crippen molar-refractivity contribution in [1.29, 1.82) is 0 Å². The maximum Gasteiger partial charge on any atom is 0.254 e. The van der Waals surface area contributed by atoms with Gasteiger partial charge in [-0.3, -0.25) is 4.79 Å². The molecule has 2 heterocycles. The van der Waals surface area contributed by atoms with Crippen LogP contribution in [0, 0.1) is 11.8 Å². The van der Waals surface area contributed by atoms with Crippen LogP contribution in [0.4, 0.5) is 0 Å². The van der Waals surface area contributed by atoms with E-state index in [1.54, 1.807) is 18.2 Å². The van der Waals surface area contributed by atoms with Crippen LogP contribution in [-0.4, -0.2) is 65.3 Å². The number of amides is 1. The Bertz CT molecular complexity index is 543. The van der Waals surface area contributed by atoms with Crippen molar-refractivity contribution in [3.63, 3.8) is 0 Å². The highest BCUT2D eigenvalue weighted by atomic mass is 16.3. The number of aliphatic hydroxyl groups is 1. The molecule has 2 atom stereocenters. The molecule has 1 aromatic rings. The van der Waals surface area contributed by atoms with Gasteiger partial charge in [-0.25, -0.2) is 0 Å². The van der Waals surface area contributed by atoms with Crippen LogP contribution in [0.25, 0.3) is 0 Å². The molecule has 2 aliphatic rings. The van der Waals surface area contributed by atoms with Crippen molar-refractivity contribution in [2.75, 3.05) is 39.3 Å². The minimum absolute atomic E-state index is 0.0551. The average Bonchev–Trinajstić information content (AvgIpc) is 2.98. The van der Waals surface area contributed by atoms with Crippen molar-refractivity contribution in [2.24, 2.45) is 11.8 Å². The second-order valence-electron chi connectivity index (χ2n) is 6.82. The zero-order valence-electron chi connectivity index (χ0n) is 13.5. The number of phenols is 1. The van der Waals surface area contributed by atoms with E-state index in [-0.39, 0.29) is 24.2 Å². The van der Waals surface area contributed by atoms with Gasteiger partial charge in [0.2, 0.25) is 0 Å². The van der Waals surface area contributed by atoms with Crippen LogP contribution in [0.1, 0.15) is 29.6 Å². The molecule has 23 heavy (non-hydrogen) atoms. The summed E-state index contributed by atoms with van der Waals surface area (Å²) >= 11 is 0. The van der Waals surface area contributed by atoms with Crippen LogP contribution in [0.5, 0.6) is 5.75 Å². The maximum absolute atomic E-state index is 12.6. The molecule has 1 amide bonds. The lowest BCUT2D eigenvalue weighted by Crippen LogP contribution is -2.37. The summed E-state index contributed by atoms with van der Waals surface area (Å²) in [5, 5.41) is 19.2. The second-order valence-corrected chi connectivity index (χ2v) is 6.82. The third-order valence-corrected chi connectivity index (χ3v) is 5.13. The van der Waals surface area contributed by atoms with Gasteiger partial charge in [0.25, 0.3) is 5.91 Å². The largest absolute Gasteiger partial charge is 0.508 e. The molecular weight excluding hydrogens is 292 g/mol. The molecule has 5 heteroatoms. The molecule has 0 spiro atoms. The lowest BCUT2D eigenvalue weighted by Gasteiger charge is -2.30. The first kappa shape index (κ1) is 16.3. The lowest BCUT2D eigenvalue weighted by molar-refractivity contribution is 0.0778. The predicted molar refractivity (Wildman–Crippen MR) is 88.4 cm³/mol. The molecule has 0 aromatic heterocycles. The summed E-state index contributed by atoms with van der Waals surface area (Å²) in [5.74, 6) is 0.539. The van der Waals surface area contributed by atoms with E-state index < -0.39 is 0 Å². The van der Waals surface area contributed by atoms with E-state index in [4.69, 9.17) is 0 Å². The number of nitrogens with zero attached hydrogens (tertiary/aromatic N) is 2. The van der Waals surface area contributed by atoms with Crippen LogP contribution in [0.15, 0.2) is 24.3 Å². The van der Waals surface area contributed by atoms with Crippen LogP contribution < -0.4 is 0 Å². The second kappa shape index (κ2) is 7.32. The van der Waals surface area contributed by atoms with Gasteiger partial charge in [-0.2, -0.15) is 0 Å². The molecule has 0 unspecified atom stereocenters. The minimum atomic E-state index is -0.0551. The number of aliphatic hydroxyl groups excluding tert-OH is 1. The summed E-state index contributed by atoms with van der Waals surface area (Å²) < 4.78 is 0. The third kappa shape index (κ3) is 3.85. The number of phenolic OH excluding ortho intramolecular Hbond substituents is 1. The van der Waals surface area contributed by atoms with Gasteiger partial charge in [0.05, 0.1) is 0 Å².